The molecule has 21 heavy (non-hydrogen) atoms. The van der Waals surface area contributed by atoms with E-state index < -0.39 is 0 Å². The van der Waals surface area contributed by atoms with Crippen molar-refractivity contribution in [3.8, 4) is 5.75 Å². The maximum atomic E-state index is 5.85. The van der Waals surface area contributed by atoms with E-state index in [-0.39, 0.29) is 0 Å². The molecule has 0 amide bonds. The number of hydrogen-bond donors (Lipinski definition) is 1. The van der Waals surface area contributed by atoms with Crippen molar-refractivity contribution < 1.29 is 4.74 Å². The fourth-order valence-electron chi connectivity index (χ4n) is 2.44. The van der Waals surface area contributed by atoms with E-state index in [9.17, 15) is 0 Å². The van der Waals surface area contributed by atoms with Crippen molar-refractivity contribution in [3.63, 3.8) is 0 Å². The van der Waals surface area contributed by atoms with Crippen LogP contribution in [0.4, 0.5) is 11.4 Å². The fourth-order valence-corrected chi connectivity index (χ4v) is 2.61. The maximum absolute atomic E-state index is 5.85. The second-order valence-corrected chi connectivity index (χ2v) is 5.54. The molecule has 2 aromatic carbocycles. The highest BCUT2D eigenvalue weighted by atomic mass is 32.1. The molecule has 0 atom stereocenters. The zero-order chi connectivity index (χ0) is 15.6. The fraction of sp³-hybridized carbons (Fsp3) is 0.235. The maximum Gasteiger partial charge on any atom is 0.120 e. The number of thiocarbonyl (C=S) groups is 1. The van der Waals surface area contributed by atoms with Crippen molar-refractivity contribution >= 4 is 28.6 Å². The Kier molecular flexibility index (Phi) is 4.48. The number of aryl methyl sites for hydroxylation is 2. The summed E-state index contributed by atoms with van der Waals surface area (Å²) in [6, 6.07) is 12.1. The number of nitrogens with zero attached hydrogens (tertiary/aromatic N) is 1. The van der Waals surface area contributed by atoms with Crippen molar-refractivity contribution in [2.45, 2.75) is 13.8 Å². The van der Waals surface area contributed by atoms with Gasteiger partial charge in [0, 0.05) is 24.4 Å². The first-order valence-corrected chi connectivity index (χ1v) is 7.13. The molecule has 0 aliphatic rings. The molecule has 4 heteroatoms. The second-order valence-electron chi connectivity index (χ2n) is 5.10. The number of nitrogens with two attached hydrogens (primary N) is 1. The highest BCUT2D eigenvalue weighted by Crippen LogP contribution is 2.32. The van der Waals surface area contributed by atoms with Gasteiger partial charge in [-0.1, -0.05) is 29.9 Å². The van der Waals surface area contributed by atoms with E-state index in [1.54, 1.807) is 7.11 Å². The molecule has 0 bridgehead atoms. The average molecular weight is 300 g/mol. The first-order valence-electron chi connectivity index (χ1n) is 6.73. The van der Waals surface area contributed by atoms with Crippen LogP contribution in [0.25, 0.3) is 0 Å². The van der Waals surface area contributed by atoms with E-state index in [0.717, 1.165) is 22.7 Å². The minimum atomic E-state index is 0.379. The van der Waals surface area contributed by atoms with E-state index in [1.807, 2.05) is 25.2 Å². The highest BCUT2D eigenvalue weighted by Gasteiger charge is 2.14. The lowest BCUT2D eigenvalue weighted by atomic mass is 10.1. The zero-order valence-corrected chi connectivity index (χ0v) is 13.6. The van der Waals surface area contributed by atoms with Gasteiger partial charge in [0.25, 0.3) is 0 Å². The largest absolute Gasteiger partial charge is 0.497 e. The van der Waals surface area contributed by atoms with E-state index in [1.165, 1.54) is 11.1 Å². The Morgan fingerprint density at radius 3 is 2.38 bits per heavy atom. The Bertz CT molecular complexity index is 682. The molecule has 0 fully saturated rings. The Hall–Kier alpha value is -2.07. The van der Waals surface area contributed by atoms with Gasteiger partial charge < -0.3 is 15.4 Å². The second kappa shape index (κ2) is 6.14. The molecule has 0 saturated carbocycles. The molecule has 0 unspecified atom stereocenters. The van der Waals surface area contributed by atoms with E-state index in [2.05, 4.69) is 36.9 Å². The number of methoxy groups -OCH3 is 1. The number of anilines is 2. The minimum Gasteiger partial charge on any atom is -0.497 e. The van der Waals surface area contributed by atoms with E-state index in [4.69, 9.17) is 22.7 Å². The molecule has 2 rings (SSSR count). The summed E-state index contributed by atoms with van der Waals surface area (Å²) < 4.78 is 5.31. The quantitative estimate of drug-likeness (QED) is 0.874. The summed E-state index contributed by atoms with van der Waals surface area (Å²) in [4.78, 5) is 2.47. The van der Waals surface area contributed by atoms with Crippen LogP contribution >= 0.6 is 12.2 Å². The zero-order valence-electron chi connectivity index (χ0n) is 12.8. The van der Waals surface area contributed by atoms with Crippen molar-refractivity contribution in [2.75, 3.05) is 19.1 Å². The molecule has 0 aromatic heterocycles. The standard InChI is InChI=1S/C17H20N2OS/c1-11-5-8-15(12(2)9-11)19(3)16-10-13(20-4)6-7-14(16)17(18)21/h5-10H,1-4H3,(H2,18,21). The molecule has 0 aliphatic carbocycles. The summed E-state index contributed by atoms with van der Waals surface area (Å²) in [7, 11) is 3.66. The van der Waals surface area contributed by atoms with Gasteiger partial charge in [-0.3, -0.25) is 0 Å². The van der Waals surface area contributed by atoms with Crippen LogP contribution in [0.5, 0.6) is 5.75 Å². The molecule has 0 aliphatic heterocycles. The summed E-state index contributed by atoms with van der Waals surface area (Å²) in [5.74, 6) is 0.779. The van der Waals surface area contributed by atoms with Crippen molar-refractivity contribution in [3.05, 3.63) is 53.1 Å². The lowest BCUT2D eigenvalue weighted by Crippen LogP contribution is -2.18. The molecular formula is C17H20N2OS. The summed E-state index contributed by atoms with van der Waals surface area (Å²) in [6.45, 7) is 4.18. The van der Waals surface area contributed by atoms with Crippen LogP contribution in [-0.2, 0) is 0 Å². The summed E-state index contributed by atoms with van der Waals surface area (Å²) in [5, 5.41) is 0. The van der Waals surface area contributed by atoms with Crippen molar-refractivity contribution in [1.82, 2.24) is 0 Å². The number of ether oxygens (including phenoxy) is 1. The Morgan fingerprint density at radius 2 is 1.81 bits per heavy atom. The lowest BCUT2D eigenvalue weighted by Gasteiger charge is -2.25. The van der Waals surface area contributed by atoms with Gasteiger partial charge >= 0.3 is 0 Å². The molecule has 110 valence electrons. The molecule has 2 aromatic rings. The van der Waals surface area contributed by atoms with Gasteiger partial charge in [0.2, 0.25) is 0 Å². The molecule has 3 nitrogen and oxygen atoms in total. The molecule has 0 heterocycles. The van der Waals surface area contributed by atoms with Gasteiger partial charge in [-0.15, -0.1) is 0 Å². The van der Waals surface area contributed by atoms with Gasteiger partial charge in [-0.2, -0.15) is 0 Å². The van der Waals surface area contributed by atoms with Gasteiger partial charge in [-0.05, 0) is 37.6 Å². The van der Waals surface area contributed by atoms with Crippen LogP contribution in [0.2, 0.25) is 0 Å². The monoisotopic (exact) mass is 300 g/mol. The van der Waals surface area contributed by atoms with E-state index >= 15 is 0 Å². The van der Waals surface area contributed by atoms with Crippen molar-refractivity contribution in [1.29, 1.82) is 0 Å². The van der Waals surface area contributed by atoms with Crippen LogP contribution in [0.1, 0.15) is 16.7 Å². The third-order valence-corrected chi connectivity index (χ3v) is 3.77. The third kappa shape index (κ3) is 3.16. The highest BCUT2D eigenvalue weighted by molar-refractivity contribution is 7.80. The van der Waals surface area contributed by atoms with Crippen LogP contribution in [0, 0.1) is 13.8 Å². The number of rotatable bonds is 4. The topological polar surface area (TPSA) is 38.5 Å². The number of benzene rings is 2. The van der Waals surface area contributed by atoms with Crippen LogP contribution in [0.15, 0.2) is 36.4 Å². The van der Waals surface area contributed by atoms with E-state index in [0.29, 0.717) is 4.99 Å². The predicted octanol–water partition coefficient (Wildman–Crippen LogP) is 3.71. The third-order valence-electron chi connectivity index (χ3n) is 3.55. The Morgan fingerprint density at radius 1 is 1.10 bits per heavy atom. The minimum absolute atomic E-state index is 0.379. The smallest absolute Gasteiger partial charge is 0.120 e. The SMILES string of the molecule is COc1ccc(C(N)=S)c(N(C)c2ccc(C)cc2C)c1. The Labute approximate surface area is 131 Å². The Balaban J connectivity index is 2.55. The number of hydrogen-bond acceptors (Lipinski definition) is 3. The van der Waals surface area contributed by atoms with Gasteiger partial charge in [0.1, 0.15) is 10.7 Å². The van der Waals surface area contributed by atoms with Gasteiger partial charge in [-0.25, -0.2) is 0 Å². The summed E-state index contributed by atoms with van der Waals surface area (Å²) >= 11 is 5.16. The molecule has 0 spiro atoms. The lowest BCUT2D eigenvalue weighted by molar-refractivity contribution is 0.415. The molecule has 0 saturated heterocycles. The van der Waals surface area contributed by atoms with Crippen LogP contribution in [0.3, 0.4) is 0 Å². The molecule has 0 radical (unpaired) electrons. The predicted molar refractivity (Wildman–Crippen MR) is 92.9 cm³/mol. The molecular weight excluding hydrogens is 280 g/mol. The first kappa shape index (κ1) is 15.3. The van der Waals surface area contributed by atoms with Gasteiger partial charge in [0.05, 0.1) is 12.8 Å². The molecule has 2 N–H and O–H groups in total. The van der Waals surface area contributed by atoms with Crippen LogP contribution < -0.4 is 15.4 Å². The average Bonchev–Trinajstić information content (AvgIpc) is 2.45. The van der Waals surface area contributed by atoms with Crippen molar-refractivity contribution in [2.24, 2.45) is 5.73 Å². The first-order chi connectivity index (χ1) is 9.93. The van der Waals surface area contributed by atoms with Crippen LogP contribution in [-0.4, -0.2) is 19.1 Å². The summed E-state index contributed by atoms with van der Waals surface area (Å²) in [6.07, 6.45) is 0. The summed E-state index contributed by atoms with van der Waals surface area (Å²) in [5.41, 5.74) is 11.2. The normalized spacial score (nSPS) is 10.3. The van der Waals surface area contributed by atoms with Gasteiger partial charge in [0.15, 0.2) is 0 Å².